The number of imide groups is 1. The third-order valence-electron chi connectivity index (χ3n) is 7.78. The van der Waals surface area contributed by atoms with Gasteiger partial charge in [-0.05, 0) is 112 Å². The smallest absolute Gasteiger partial charge is 0.327 e. The van der Waals surface area contributed by atoms with E-state index in [0.29, 0.717) is 56.7 Å². The summed E-state index contributed by atoms with van der Waals surface area (Å²) in [4.78, 5) is 43.8. The molecule has 2 heterocycles. The van der Waals surface area contributed by atoms with Gasteiger partial charge in [0.05, 0.1) is 18.8 Å². The van der Waals surface area contributed by atoms with Crippen LogP contribution in [0.1, 0.15) is 99.3 Å². The third kappa shape index (κ3) is 8.10. The van der Waals surface area contributed by atoms with Gasteiger partial charge >= 0.3 is 6.03 Å². The summed E-state index contributed by atoms with van der Waals surface area (Å²) >= 11 is 5.49. The van der Waals surface area contributed by atoms with Gasteiger partial charge in [-0.2, -0.15) is 0 Å². The summed E-state index contributed by atoms with van der Waals surface area (Å²) in [6.07, 6.45) is 5.17. The lowest BCUT2D eigenvalue weighted by Gasteiger charge is -2.35. The first-order valence-electron chi connectivity index (χ1n) is 13.8. The average Bonchev–Trinajstić information content (AvgIpc) is 3.27. The minimum Gasteiger partial charge on any atom is -0.393 e. The Labute approximate surface area is 228 Å². The van der Waals surface area contributed by atoms with Crippen molar-refractivity contribution in [3.63, 3.8) is 0 Å². The molecule has 0 spiro atoms. The lowest BCUT2D eigenvalue weighted by atomic mass is 9.92. The number of hydrogen-bond donors (Lipinski definition) is 2. The summed E-state index contributed by atoms with van der Waals surface area (Å²) in [6.45, 7) is 13.4. The number of carbonyl (C=O) groups excluding carboxylic acids is 3. The Morgan fingerprint density at radius 1 is 0.730 bits per heavy atom. The molecule has 4 amide bonds. The number of nitrogens with zero attached hydrogens (tertiary/aromatic N) is 4. The van der Waals surface area contributed by atoms with E-state index in [4.69, 9.17) is 12.2 Å². The van der Waals surface area contributed by atoms with Gasteiger partial charge in [-0.1, -0.05) is 0 Å². The van der Waals surface area contributed by atoms with Crippen molar-refractivity contribution in [2.75, 3.05) is 26.2 Å². The molecule has 2 saturated heterocycles. The number of urea groups is 1. The van der Waals surface area contributed by atoms with Crippen molar-refractivity contribution in [3.05, 3.63) is 0 Å². The minimum atomic E-state index is -0.583. The zero-order chi connectivity index (χ0) is 28.0. The molecule has 2 atom stereocenters. The number of carbonyl (C=O) groups is 3. The van der Waals surface area contributed by atoms with Gasteiger partial charge in [0.25, 0.3) is 5.91 Å². The molecule has 0 aromatic carbocycles. The van der Waals surface area contributed by atoms with Crippen molar-refractivity contribution < 1.29 is 24.6 Å². The van der Waals surface area contributed by atoms with Crippen molar-refractivity contribution in [1.82, 2.24) is 19.6 Å². The fourth-order valence-corrected chi connectivity index (χ4v) is 5.97. The van der Waals surface area contributed by atoms with E-state index in [1.807, 2.05) is 46.4 Å². The van der Waals surface area contributed by atoms with Crippen LogP contribution in [0.2, 0.25) is 0 Å². The van der Waals surface area contributed by atoms with E-state index < -0.39 is 17.7 Å². The molecule has 37 heavy (non-hydrogen) atoms. The summed E-state index contributed by atoms with van der Waals surface area (Å²) in [5.41, 5.74) is -0.971. The van der Waals surface area contributed by atoms with Crippen LogP contribution in [0.25, 0.3) is 0 Å². The molecule has 9 nitrogen and oxygen atoms in total. The number of aliphatic hydroxyl groups is 2. The highest BCUT2D eigenvalue weighted by molar-refractivity contribution is 7.80. The zero-order valence-electron chi connectivity index (χ0n) is 23.7. The van der Waals surface area contributed by atoms with Gasteiger partial charge in [0.1, 0.15) is 6.54 Å². The molecule has 2 N–H and O–H groups in total. The normalized spacial score (nSPS) is 19.0. The lowest BCUT2D eigenvalue weighted by Crippen LogP contribution is -2.48. The molecule has 0 aromatic heterocycles. The lowest BCUT2D eigenvalue weighted by molar-refractivity contribution is -0.129. The number of hydrogen-bond acceptors (Lipinski definition) is 6. The van der Waals surface area contributed by atoms with Crippen LogP contribution in [0.3, 0.4) is 0 Å². The Morgan fingerprint density at radius 2 is 1.14 bits per heavy atom. The highest BCUT2D eigenvalue weighted by atomic mass is 32.1. The molecule has 2 rings (SSSR count). The molecule has 0 bridgehead atoms. The van der Waals surface area contributed by atoms with E-state index in [1.54, 1.807) is 9.80 Å². The van der Waals surface area contributed by atoms with Crippen molar-refractivity contribution in [2.45, 2.75) is 123 Å². The first-order valence-corrected chi connectivity index (χ1v) is 14.3. The molecule has 0 radical (unpaired) electrons. The third-order valence-corrected chi connectivity index (χ3v) is 8.22. The highest BCUT2D eigenvalue weighted by Crippen LogP contribution is 2.29. The van der Waals surface area contributed by atoms with E-state index in [9.17, 15) is 24.6 Å². The Hall–Kier alpha value is -1.78. The van der Waals surface area contributed by atoms with Gasteiger partial charge in [-0.15, -0.1) is 0 Å². The first kappa shape index (κ1) is 31.4. The molecule has 0 aliphatic carbocycles. The molecule has 2 aliphatic heterocycles. The molecule has 0 aromatic rings. The largest absolute Gasteiger partial charge is 0.393 e. The predicted molar refractivity (Wildman–Crippen MR) is 148 cm³/mol. The van der Waals surface area contributed by atoms with E-state index in [1.165, 1.54) is 4.90 Å². The Morgan fingerprint density at radius 3 is 1.57 bits per heavy atom. The fourth-order valence-electron chi connectivity index (χ4n) is 5.43. The van der Waals surface area contributed by atoms with Crippen LogP contribution in [0.5, 0.6) is 0 Å². The second kappa shape index (κ2) is 13.3. The molecular formula is C27H48N4O5S. The molecule has 2 fully saturated rings. The van der Waals surface area contributed by atoms with E-state index in [2.05, 4.69) is 0 Å². The summed E-state index contributed by atoms with van der Waals surface area (Å²) < 4.78 is 0. The summed E-state index contributed by atoms with van der Waals surface area (Å²) in [5, 5.41) is 21.4. The van der Waals surface area contributed by atoms with Gasteiger partial charge in [-0.25, -0.2) is 4.79 Å². The number of rotatable bonds is 16. The van der Waals surface area contributed by atoms with E-state index in [-0.39, 0.29) is 29.9 Å². The molecule has 2 aliphatic rings. The van der Waals surface area contributed by atoms with Gasteiger partial charge < -0.3 is 20.0 Å². The Balaban J connectivity index is 1.64. The topological polar surface area (TPSA) is 105 Å². The maximum absolute atomic E-state index is 12.5. The van der Waals surface area contributed by atoms with E-state index in [0.717, 1.165) is 25.8 Å². The number of aliphatic hydroxyl groups excluding tert-OH is 2. The maximum atomic E-state index is 12.5. The van der Waals surface area contributed by atoms with Crippen molar-refractivity contribution >= 4 is 35.2 Å². The monoisotopic (exact) mass is 540 g/mol. The number of amides is 4. The number of thiocarbonyl (C=S) groups is 1. The van der Waals surface area contributed by atoms with Crippen molar-refractivity contribution in [1.29, 1.82) is 0 Å². The van der Waals surface area contributed by atoms with Gasteiger partial charge in [0.15, 0.2) is 5.11 Å². The van der Waals surface area contributed by atoms with E-state index >= 15 is 0 Å². The van der Waals surface area contributed by atoms with Crippen molar-refractivity contribution in [3.8, 4) is 0 Å². The second-order valence-electron chi connectivity index (χ2n) is 11.7. The SMILES string of the molecule is CCN1CC(=O)N(C(C)(C)CCCC(O)CCCC(O)CCCC(C)(C)N2C(=O)CN(CC)C2=S)C1=O. The molecule has 212 valence electrons. The standard InChI is InChI=1S/C27H48N4O5S/c1-7-28-18-22(34)30(24(28)36)26(3,4)16-10-14-20(32)12-9-13-21(33)15-11-17-27(5,6)31-23(35)19-29(8-2)25(31)37/h20-21,32-33H,7-19H2,1-6H3. The average molecular weight is 541 g/mol. The quantitative estimate of drug-likeness (QED) is 0.228. The minimum absolute atomic E-state index is 0.0383. The second-order valence-corrected chi connectivity index (χ2v) is 12.1. The molecule has 10 heteroatoms. The summed E-state index contributed by atoms with van der Waals surface area (Å²) in [7, 11) is 0. The van der Waals surface area contributed by atoms with Gasteiger partial charge in [0, 0.05) is 24.2 Å². The maximum Gasteiger partial charge on any atom is 0.327 e. The van der Waals surface area contributed by atoms with Crippen LogP contribution in [0.15, 0.2) is 0 Å². The molecule has 2 unspecified atom stereocenters. The van der Waals surface area contributed by atoms with Crippen LogP contribution >= 0.6 is 12.2 Å². The van der Waals surface area contributed by atoms with Crippen LogP contribution < -0.4 is 0 Å². The summed E-state index contributed by atoms with van der Waals surface area (Å²) in [6, 6.07) is -0.229. The van der Waals surface area contributed by atoms with Gasteiger partial charge in [0.2, 0.25) is 5.91 Å². The Kier molecular flexibility index (Phi) is 11.3. The van der Waals surface area contributed by atoms with Crippen LogP contribution in [0, 0.1) is 0 Å². The Bertz CT molecular complexity index is 768. The van der Waals surface area contributed by atoms with Crippen molar-refractivity contribution in [2.24, 2.45) is 0 Å². The molecular weight excluding hydrogens is 492 g/mol. The van der Waals surface area contributed by atoms with Crippen LogP contribution in [-0.2, 0) is 9.59 Å². The number of likely N-dealkylation sites (N-methyl/N-ethyl adjacent to an activating group) is 2. The van der Waals surface area contributed by atoms with Crippen LogP contribution in [0.4, 0.5) is 4.79 Å². The first-order chi connectivity index (χ1) is 17.2. The molecule has 0 saturated carbocycles. The summed E-state index contributed by atoms with van der Waals surface area (Å²) in [5.74, 6) is -0.122. The predicted octanol–water partition coefficient (Wildman–Crippen LogP) is 3.51. The van der Waals surface area contributed by atoms with Crippen LogP contribution in [-0.4, -0.2) is 102 Å². The van der Waals surface area contributed by atoms with Gasteiger partial charge in [-0.3, -0.25) is 19.4 Å². The zero-order valence-corrected chi connectivity index (χ0v) is 24.5. The fraction of sp³-hybridized carbons (Fsp3) is 0.852. The highest BCUT2D eigenvalue weighted by Gasteiger charge is 2.44.